The predicted molar refractivity (Wildman–Crippen MR) is 127 cm³/mol. The standard InChI is InChI=1S/C25H29N5O3/c1-5-33-25(31)17-10-19-22(21(12-17)32-4)29(3)24(28-19)20-11-16-8-9-18(14(2)26)27-23(16)30(20)13-15-6-7-15/h8-12,14-15H,5-7,13,26H2,1-4H3/t14-/m1/s1. The van der Waals surface area contributed by atoms with Gasteiger partial charge in [0.05, 0.1) is 36.2 Å². The molecule has 0 saturated heterocycles. The van der Waals surface area contributed by atoms with Gasteiger partial charge in [-0.2, -0.15) is 0 Å². The summed E-state index contributed by atoms with van der Waals surface area (Å²) < 4.78 is 15.1. The van der Waals surface area contributed by atoms with Crippen LogP contribution in [-0.2, 0) is 18.3 Å². The van der Waals surface area contributed by atoms with E-state index in [1.165, 1.54) is 12.8 Å². The summed E-state index contributed by atoms with van der Waals surface area (Å²) in [5, 5.41) is 1.06. The highest BCUT2D eigenvalue weighted by Gasteiger charge is 2.27. The highest BCUT2D eigenvalue weighted by atomic mass is 16.5. The second-order valence-electron chi connectivity index (χ2n) is 8.78. The molecular weight excluding hydrogens is 418 g/mol. The van der Waals surface area contributed by atoms with Gasteiger partial charge in [-0.25, -0.2) is 14.8 Å². The fourth-order valence-electron chi connectivity index (χ4n) is 4.35. The Bertz CT molecular complexity index is 1360. The first-order valence-corrected chi connectivity index (χ1v) is 11.4. The van der Waals surface area contributed by atoms with E-state index in [9.17, 15) is 4.79 Å². The molecule has 0 bridgehead atoms. The molecule has 0 radical (unpaired) electrons. The van der Waals surface area contributed by atoms with Crippen molar-refractivity contribution in [1.29, 1.82) is 0 Å². The van der Waals surface area contributed by atoms with Gasteiger partial charge in [-0.05, 0) is 62.9 Å². The van der Waals surface area contributed by atoms with Gasteiger partial charge in [0.25, 0.3) is 0 Å². The smallest absolute Gasteiger partial charge is 0.338 e. The van der Waals surface area contributed by atoms with E-state index in [1.807, 2.05) is 24.6 Å². The number of hydrogen-bond acceptors (Lipinski definition) is 6. The fraction of sp³-hybridized carbons (Fsp3) is 0.400. The van der Waals surface area contributed by atoms with Crippen LogP contribution in [-0.4, -0.2) is 38.8 Å². The van der Waals surface area contributed by atoms with Crippen molar-refractivity contribution < 1.29 is 14.3 Å². The Balaban J connectivity index is 1.72. The van der Waals surface area contributed by atoms with Gasteiger partial charge in [0.1, 0.15) is 16.9 Å². The molecule has 0 spiro atoms. The Labute approximate surface area is 192 Å². The second kappa shape index (κ2) is 8.19. The van der Waals surface area contributed by atoms with Crippen LogP contribution in [0.4, 0.5) is 0 Å². The zero-order valence-corrected chi connectivity index (χ0v) is 19.5. The summed E-state index contributed by atoms with van der Waals surface area (Å²) >= 11 is 0. The lowest BCUT2D eigenvalue weighted by atomic mass is 10.2. The van der Waals surface area contributed by atoms with Crippen LogP contribution in [0.1, 0.15) is 48.8 Å². The molecule has 172 valence electrons. The summed E-state index contributed by atoms with van der Waals surface area (Å²) in [4.78, 5) is 22.2. The van der Waals surface area contributed by atoms with Crippen molar-refractivity contribution in [1.82, 2.24) is 19.1 Å². The molecule has 8 heteroatoms. The van der Waals surface area contributed by atoms with E-state index in [-0.39, 0.29) is 12.0 Å². The van der Waals surface area contributed by atoms with E-state index in [0.717, 1.165) is 40.3 Å². The number of carbonyl (C=O) groups is 1. The number of imidazole rings is 1. The predicted octanol–water partition coefficient (Wildman–Crippen LogP) is 4.21. The molecule has 3 heterocycles. The van der Waals surface area contributed by atoms with Gasteiger partial charge in [-0.1, -0.05) is 0 Å². The Morgan fingerprint density at radius 2 is 2.03 bits per heavy atom. The first-order valence-electron chi connectivity index (χ1n) is 11.4. The first kappa shape index (κ1) is 21.5. The number of nitrogens with zero attached hydrogens (tertiary/aromatic N) is 4. The van der Waals surface area contributed by atoms with Crippen LogP contribution < -0.4 is 10.5 Å². The third kappa shape index (κ3) is 3.74. The number of hydrogen-bond donors (Lipinski definition) is 1. The van der Waals surface area contributed by atoms with E-state index in [0.29, 0.717) is 29.4 Å². The zero-order valence-electron chi connectivity index (χ0n) is 19.5. The molecule has 0 unspecified atom stereocenters. The number of aromatic nitrogens is 4. The number of methoxy groups -OCH3 is 1. The third-order valence-electron chi connectivity index (χ3n) is 6.26. The van der Waals surface area contributed by atoms with Gasteiger partial charge in [0, 0.05) is 25.0 Å². The van der Waals surface area contributed by atoms with Crippen LogP contribution >= 0.6 is 0 Å². The average Bonchev–Trinajstić information content (AvgIpc) is 3.47. The fourth-order valence-corrected chi connectivity index (χ4v) is 4.35. The number of esters is 1. The van der Waals surface area contributed by atoms with E-state index in [4.69, 9.17) is 25.2 Å². The number of pyridine rings is 1. The van der Waals surface area contributed by atoms with Crippen molar-refractivity contribution in [3.05, 3.63) is 41.6 Å². The van der Waals surface area contributed by atoms with Crippen molar-refractivity contribution in [2.45, 2.75) is 39.3 Å². The molecule has 1 aliphatic rings. The maximum atomic E-state index is 12.4. The number of carbonyl (C=O) groups excluding carboxylic acids is 1. The van der Waals surface area contributed by atoms with Crippen LogP contribution in [0.25, 0.3) is 33.6 Å². The van der Waals surface area contributed by atoms with Gasteiger partial charge in [-0.3, -0.25) is 0 Å². The molecule has 1 aliphatic carbocycles. The minimum atomic E-state index is -0.389. The highest BCUT2D eigenvalue weighted by molar-refractivity contribution is 5.97. The molecule has 33 heavy (non-hydrogen) atoms. The molecule has 1 saturated carbocycles. The van der Waals surface area contributed by atoms with Gasteiger partial charge in [0.15, 0.2) is 5.82 Å². The first-order chi connectivity index (χ1) is 15.9. The minimum Gasteiger partial charge on any atom is -0.494 e. The molecule has 1 atom stereocenters. The lowest BCUT2D eigenvalue weighted by Gasteiger charge is -2.11. The normalized spacial score (nSPS) is 14.7. The number of ether oxygens (including phenoxy) is 2. The summed E-state index contributed by atoms with van der Waals surface area (Å²) in [6.07, 6.45) is 2.46. The van der Waals surface area contributed by atoms with E-state index in [2.05, 4.69) is 16.7 Å². The molecule has 0 amide bonds. The van der Waals surface area contributed by atoms with Crippen LogP contribution in [0.5, 0.6) is 5.75 Å². The molecule has 8 nitrogen and oxygen atoms in total. The summed E-state index contributed by atoms with van der Waals surface area (Å²) in [6.45, 7) is 4.94. The molecule has 2 N–H and O–H groups in total. The van der Waals surface area contributed by atoms with Crippen LogP contribution in [0.3, 0.4) is 0 Å². The summed E-state index contributed by atoms with van der Waals surface area (Å²) in [7, 11) is 3.57. The van der Waals surface area contributed by atoms with Crippen molar-refractivity contribution in [2.75, 3.05) is 13.7 Å². The van der Waals surface area contributed by atoms with Gasteiger partial charge < -0.3 is 24.3 Å². The van der Waals surface area contributed by atoms with Crippen LogP contribution in [0, 0.1) is 5.92 Å². The second-order valence-corrected chi connectivity index (χ2v) is 8.78. The molecule has 4 aromatic rings. The number of rotatable bonds is 7. The van der Waals surface area contributed by atoms with Gasteiger partial charge in [-0.15, -0.1) is 0 Å². The lowest BCUT2D eigenvalue weighted by molar-refractivity contribution is 0.0526. The van der Waals surface area contributed by atoms with Crippen LogP contribution in [0.2, 0.25) is 0 Å². The molecule has 0 aliphatic heterocycles. The minimum absolute atomic E-state index is 0.136. The molecular formula is C25H29N5O3. The highest BCUT2D eigenvalue weighted by Crippen LogP contribution is 2.37. The summed E-state index contributed by atoms with van der Waals surface area (Å²) in [5.74, 6) is 1.64. The quantitative estimate of drug-likeness (QED) is 0.426. The number of aryl methyl sites for hydroxylation is 1. The van der Waals surface area contributed by atoms with Crippen molar-refractivity contribution in [3.63, 3.8) is 0 Å². The lowest BCUT2D eigenvalue weighted by Crippen LogP contribution is -2.09. The molecule has 1 fully saturated rings. The molecule has 3 aromatic heterocycles. The Morgan fingerprint density at radius 1 is 1.24 bits per heavy atom. The SMILES string of the molecule is CCOC(=O)c1cc(OC)c2c(c1)nc(-c1cc3ccc([C@@H](C)N)nc3n1CC1CC1)n2C. The summed E-state index contributed by atoms with van der Waals surface area (Å²) in [5.41, 5.74) is 10.8. The monoisotopic (exact) mass is 447 g/mol. The zero-order chi connectivity index (χ0) is 23.3. The third-order valence-corrected chi connectivity index (χ3v) is 6.26. The Kier molecular flexibility index (Phi) is 5.32. The maximum absolute atomic E-state index is 12.4. The van der Waals surface area contributed by atoms with Gasteiger partial charge in [0.2, 0.25) is 0 Å². The summed E-state index contributed by atoms with van der Waals surface area (Å²) in [6, 6.07) is 9.54. The van der Waals surface area contributed by atoms with Crippen LogP contribution in [0.15, 0.2) is 30.3 Å². The van der Waals surface area contributed by atoms with E-state index >= 15 is 0 Å². The molecule has 1 aromatic carbocycles. The van der Waals surface area contributed by atoms with Crippen molar-refractivity contribution >= 4 is 28.0 Å². The van der Waals surface area contributed by atoms with E-state index in [1.54, 1.807) is 26.2 Å². The Hall–Kier alpha value is -3.39. The van der Waals surface area contributed by atoms with Crippen molar-refractivity contribution in [3.8, 4) is 17.3 Å². The molecule has 5 rings (SSSR count). The average molecular weight is 448 g/mol. The number of fused-ring (bicyclic) bond motifs is 2. The number of benzene rings is 1. The largest absolute Gasteiger partial charge is 0.494 e. The maximum Gasteiger partial charge on any atom is 0.338 e. The van der Waals surface area contributed by atoms with Crippen molar-refractivity contribution in [2.24, 2.45) is 18.7 Å². The topological polar surface area (TPSA) is 97.2 Å². The Morgan fingerprint density at radius 3 is 2.70 bits per heavy atom. The van der Waals surface area contributed by atoms with Gasteiger partial charge >= 0.3 is 5.97 Å². The number of nitrogens with two attached hydrogens (primary N) is 1. The van der Waals surface area contributed by atoms with E-state index < -0.39 is 0 Å².